The zero-order valence-electron chi connectivity index (χ0n) is 11.5. The highest BCUT2D eigenvalue weighted by molar-refractivity contribution is 6.20. The number of hydrogen-bond acceptors (Lipinski definition) is 4. The minimum absolute atomic E-state index is 0.0813. The number of aromatic nitrogens is 1. The first-order chi connectivity index (χ1) is 9.50. The van der Waals surface area contributed by atoms with Crippen molar-refractivity contribution in [3.05, 3.63) is 29.6 Å². The Balaban J connectivity index is 1.94. The quantitative estimate of drug-likeness (QED) is 0.808. The zero-order valence-corrected chi connectivity index (χ0v) is 11.5. The first-order valence-electron chi connectivity index (χ1n) is 6.58. The van der Waals surface area contributed by atoms with Gasteiger partial charge in [0.15, 0.2) is 0 Å². The number of nitrogens with zero attached hydrogens (tertiary/aromatic N) is 2. The van der Waals surface area contributed by atoms with Gasteiger partial charge in [-0.25, -0.2) is 0 Å². The van der Waals surface area contributed by atoms with Gasteiger partial charge in [0.25, 0.3) is 11.8 Å². The second-order valence-corrected chi connectivity index (χ2v) is 5.11. The first kappa shape index (κ1) is 14.2. The molecule has 1 aromatic rings. The number of rotatable bonds is 5. The van der Waals surface area contributed by atoms with Crippen LogP contribution in [-0.2, 0) is 4.79 Å². The third kappa shape index (κ3) is 2.84. The predicted octanol–water partition coefficient (Wildman–Crippen LogP) is 0.840. The van der Waals surface area contributed by atoms with Crippen molar-refractivity contribution in [2.24, 2.45) is 5.92 Å². The monoisotopic (exact) mass is 275 g/mol. The van der Waals surface area contributed by atoms with Crippen LogP contribution in [0.1, 0.15) is 41.1 Å². The van der Waals surface area contributed by atoms with Crippen LogP contribution in [0.3, 0.4) is 0 Å². The Bertz CT molecular complexity index is 519. The number of fused-ring (bicyclic) bond motifs is 1. The molecule has 0 atom stereocenters. The highest BCUT2D eigenvalue weighted by Crippen LogP contribution is 2.20. The lowest BCUT2D eigenvalue weighted by Gasteiger charge is -2.13. The highest BCUT2D eigenvalue weighted by atomic mass is 16.2. The molecular weight excluding hydrogens is 258 g/mol. The van der Waals surface area contributed by atoms with Gasteiger partial charge in [0, 0.05) is 25.7 Å². The van der Waals surface area contributed by atoms with E-state index in [2.05, 4.69) is 10.3 Å². The molecule has 1 N–H and O–H groups in total. The van der Waals surface area contributed by atoms with Crippen LogP contribution in [0.25, 0.3) is 0 Å². The molecule has 0 unspecified atom stereocenters. The van der Waals surface area contributed by atoms with Gasteiger partial charge in [-0.3, -0.25) is 24.3 Å². The summed E-state index contributed by atoms with van der Waals surface area (Å²) in [6.07, 6.45) is 1.58. The summed E-state index contributed by atoms with van der Waals surface area (Å²) in [5, 5.41) is 2.75. The number of amides is 3. The minimum Gasteiger partial charge on any atom is -0.356 e. The van der Waals surface area contributed by atoms with Crippen LogP contribution in [-0.4, -0.2) is 40.7 Å². The lowest BCUT2D eigenvalue weighted by molar-refractivity contribution is -0.121. The van der Waals surface area contributed by atoms with Crippen molar-refractivity contribution < 1.29 is 14.4 Å². The normalized spacial score (nSPS) is 13.8. The van der Waals surface area contributed by atoms with Crippen molar-refractivity contribution in [2.45, 2.75) is 20.3 Å². The molecule has 0 saturated heterocycles. The summed E-state index contributed by atoms with van der Waals surface area (Å²) in [5.74, 6) is -0.609. The van der Waals surface area contributed by atoms with Gasteiger partial charge in [0.2, 0.25) is 5.91 Å². The minimum atomic E-state index is -0.428. The fourth-order valence-corrected chi connectivity index (χ4v) is 1.94. The summed E-state index contributed by atoms with van der Waals surface area (Å²) in [5.41, 5.74) is 0.472. The summed E-state index contributed by atoms with van der Waals surface area (Å²) in [7, 11) is 0. The highest BCUT2D eigenvalue weighted by Gasteiger charge is 2.36. The fourth-order valence-electron chi connectivity index (χ4n) is 1.94. The van der Waals surface area contributed by atoms with Crippen molar-refractivity contribution in [2.75, 3.05) is 13.1 Å². The smallest absolute Gasteiger partial charge is 0.280 e. The summed E-state index contributed by atoms with van der Waals surface area (Å²) in [6, 6.07) is 3.18. The van der Waals surface area contributed by atoms with E-state index in [1.807, 2.05) is 13.8 Å². The van der Waals surface area contributed by atoms with Crippen LogP contribution >= 0.6 is 0 Å². The molecule has 1 aromatic heterocycles. The van der Waals surface area contributed by atoms with Crippen LogP contribution in [0.15, 0.2) is 18.3 Å². The topological polar surface area (TPSA) is 79.4 Å². The predicted molar refractivity (Wildman–Crippen MR) is 72.1 cm³/mol. The molecule has 0 aromatic carbocycles. The molecule has 2 rings (SSSR count). The van der Waals surface area contributed by atoms with Gasteiger partial charge in [-0.05, 0) is 18.1 Å². The maximum atomic E-state index is 12.0. The third-order valence-corrected chi connectivity index (χ3v) is 3.00. The standard InChI is InChI=1S/C14H17N3O3/c1-9(2)8-16-11(18)5-7-17-13(19)10-4-3-6-15-12(10)14(17)20/h3-4,6,9H,5,7-8H2,1-2H3,(H,16,18). The second-order valence-electron chi connectivity index (χ2n) is 5.11. The Morgan fingerprint density at radius 2 is 2.10 bits per heavy atom. The molecule has 6 heteroatoms. The molecule has 6 nitrogen and oxygen atoms in total. The van der Waals surface area contributed by atoms with Gasteiger partial charge >= 0.3 is 0 Å². The van der Waals surface area contributed by atoms with Crippen LogP contribution in [0.5, 0.6) is 0 Å². The average molecular weight is 275 g/mol. The number of imide groups is 1. The van der Waals surface area contributed by atoms with Gasteiger partial charge in [0.1, 0.15) is 5.69 Å². The molecule has 106 valence electrons. The number of carbonyl (C=O) groups is 3. The van der Waals surface area contributed by atoms with E-state index >= 15 is 0 Å². The fraction of sp³-hybridized carbons (Fsp3) is 0.429. The van der Waals surface area contributed by atoms with Gasteiger partial charge in [-0.2, -0.15) is 0 Å². The molecular formula is C14H17N3O3. The van der Waals surface area contributed by atoms with Crippen molar-refractivity contribution in [3.63, 3.8) is 0 Å². The van der Waals surface area contributed by atoms with Crippen LogP contribution in [0.2, 0.25) is 0 Å². The average Bonchev–Trinajstić information content (AvgIpc) is 2.67. The zero-order chi connectivity index (χ0) is 14.7. The molecule has 0 aliphatic carbocycles. The lowest BCUT2D eigenvalue weighted by atomic mass is 10.2. The summed E-state index contributed by atoms with van der Waals surface area (Å²) in [6.45, 7) is 4.66. The van der Waals surface area contributed by atoms with E-state index in [0.717, 1.165) is 4.90 Å². The van der Waals surface area contributed by atoms with Crippen LogP contribution in [0, 0.1) is 5.92 Å². The number of pyridine rings is 1. The molecule has 0 radical (unpaired) electrons. The second kappa shape index (κ2) is 5.81. The summed E-state index contributed by atoms with van der Waals surface area (Å²) < 4.78 is 0. The number of carbonyl (C=O) groups excluding carboxylic acids is 3. The maximum absolute atomic E-state index is 12.0. The van der Waals surface area contributed by atoms with Crippen molar-refractivity contribution in [3.8, 4) is 0 Å². The van der Waals surface area contributed by atoms with Gasteiger partial charge in [-0.1, -0.05) is 13.8 Å². The molecule has 0 fully saturated rings. The molecule has 0 bridgehead atoms. The van der Waals surface area contributed by atoms with E-state index in [9.17, 15) is 14.4 Å². The Labute approximate surface area is 117 Å². The Kier molecular flexibility index (Phi) is 4.12. The van der Waals surface area contributed by atoms with Crippen molar-refractivity contribution in [1.82, 2.24) is 15.2 Å². The number of nitrogens with one attached hydrogen (secondary N) is 1. The first-order valence-corrected chi connectivity index (χ1v) is 6.58. The third-order valence-electron chi connectivity index (χ3n) is 3.00. The van der Waals surface area contributed by atoms with E-state index in [1.54, 1.807) is 12.1 Å². The van der Waals surface area contributed by atoms with Gasteiger partial charge < -0.3 is 5.32 Å². The Hall–Kier alpha value is -2.24. The Morgan fingerprint density at radius 3 is 2.75 bits per heavy atom. The Morgan fingerprint density at radius 1 is 1.35 bits per heavy atom. The maximum Gasteiger partial charge on any atom is 0.280 e. The molecule has 2 heterocycles. The molecule has 20 heavy (non-hydrogen) atoms. The summed E-state index contributed by atoms with van der Waals surface area (Å²) in [4.78, 5) is 40.6. The van der Waals surface area contributed by atoms with E-state index in [4.69, 9.17) is 0 Å². The van der Waals surface area contributed by atoms with E-state index in [0.29, 0.717) is 18.0 Å². The van der Waals surface area contributed by atoms with E-state index in [-0.39, 0.29) is 30.5 Å². The van der Waals surface area contributed by atoms with Gasteiger partial charge in [-0.15, -0.1) is 0 Å². The van der Waals surface area contributed by atoms with Crippen LogP contribution < -0.4 is 5.32 Å². The largest absolute Gasteiger partial charge is 0.356 e. The molecule has 1 aliphatic rings. The van der Waals surface area contributed by atoms with E-state index < -0.39 is 5.91 Å². The number of hydrogen-bond donors (Lipinski definition) is 1. The van der Waals surface area contributed by atoms with Crippen LogP contribution in [0.4, 0.5) is 0 Å². The molecule has 0 spiro atoms. The lowest BCUT2D eigenvalue weighted by Crippen LogP contribution is -2.35. The van der Waals surface area contributed by atoms with Gasteiger partial charge in [0.05, 0.1) is 5.56 Å². The van der Waals surface area contributed by atoms with E-state index in [1.165, 1.54) is 6.20 Å². The van der Waals surface area contributed by atoms with Crippen molar-refractivity contribution >= 4 is 17.7 Å². The summed E-state index contributed by atoms with van der Waals surface area (Å²) >= 11 is 0. The van der Waals surface area contributed by atoms with Crippen molar-refractivity contribution in [1.29, 1.82) is 0 Å². The molecule has 0 saturated carbocycles. The SMILES string of the molecule is CC(C)CNC(=O)CCN1C(=O)c2cccnc2C1=O. The molecule has 3 amide bonds. The molecule has 1 aliphatic heterocycles.